The standard InChI is InChI=1S/C27H28N4O2S2/c1-34-25-22-23(26(35-2)30-29-25)31(24(28-22)19-8-4-3-5-9-19)16-17-12-14-18(15-13-17)20-10-6-7-11-21(20)27(32)33/h6-7,10-15,19H,3-5,8-9,16H2,1-2H3,(H,32,33). The van der Waals surface area contributed by atoms with E-state index in [0.717, 1.165) is 56.4 Å². The average Bonchev–Trinajstić information content (AvgIpc) is 3.28. The first kappa shape index (κ1) is 23.9. The third-order valence-corrected chi connectivity index (χ3v) is 8.08. The molecule has 2 aromatic heterocycles. The predicted octanol–water partition coefficient (Wildman–Crippen LogP) is 6.73. The van der Waals surface area contributed by atoms with E-state index in [-0.39, 0.29) is 0 Å². The van der Waals surface area contributed by atoms with Gasteiger partial charge in [0.25, 0.3) is 0 Å². The topological polar surface area (TPSA) is 80.9 Å². The Morgan fingerprint density at radius 2 is 1.66 bits per heavy atom. The number of hydrogen-bond donors (Lipinski definition) is 1. The molecule has 5 rings (SSSR count). The van der Waals surface area contributed by atoms with Crippen molar-refractivity contribution < 1.29 is 9.90 Å². The summed E-state index contributed by atoms with van der Waals surface area (Å²) >= 11 is 3.20. The number of nitrogens with zero attached hydrogens (tertiary/aromatic N) is 4. The zero-order valence-electron chi connectivity index (χ0n) is 19.9. The molecule has 2 aromatic carbocycles. The number of rotatable bonds is 7. The maximum Gasteiger partial charge on any atom is 0.336 e. The molecule has 8 heteroatoms. The van der Waals surface area contributed by atoms with Crippen LogP contribution >= 0.6 is 23.5 Å². The number of aromatic nitrogens is 4. The van der Waals surface area contributed by atoms with Crippen molar-refractivity contribution in [3.8, 4) is 11.1 Å². The van der Waals surface area contributed by atoms with Crippen LogP contribution in [-0.4, -0.2) is 43.3 Å². The molecule has 2 heterocycles. The van der Waals surface area contributed by atoms with Gasteiger partial charge in [0, 0.05) is 12.5 Å². The molecule has 0 radical (unpaired) electrons. The van der Waals surface area contributed by atoms with Gasteiger partial charge in [-0.15, -0.1) is 33.7 Å². The van der Waals surface area contributed by atoms with E-state index in [9.17, 15) is 9.90 Å². The van der Waals surface area contributed by atoms with Gasteiger partial charge in [-0.25, -0.2) is 9.78 Å². The molecule has 0 spiro atoms. The molecule has 1 fully saturated rings. The molecule has 0 unspecified atom stereocenters. The van der Waals surface area contributed by atoms with Crippen molar-refractivity contribution in [3.05, 3.63) is 65.5 Å². The minimum atomic E-state index is -0.915. The smallest absolute Gasteiger partial charge is 0.336 e. The van der Waals surface area contributed by atoms with Gasteiger partial charge in [-0.05, 0) is 48.1 Å². The Kier molecular flexibility index (Phi) is 7.11. The number of carboxylic acids is 1. The summed E-state index contributed by atoms with van der Waals surface area (Å²) in [6.45, 7) is 0.691. The molecular formula is C27H28N4O2S2. The second-order valence-corrected chi connectivity index (χ2v) is 10.4. The number of hydrogen-bond acceptors (Lipinski definition) is 6. The summed E-state index contributed by atoms with van der Waals surface area (Å²) in [5, 5.41) is 20.3. The summed E-state index contributed by atoms with van der Waals surface area (Å²) < 4.78 is 2.35. The molecule has 35 heavy (non-hydrogen) atoms. The van der Waals surface area contributed by atoms with E-state index >= 15 is 0 Å². The summed E-state index contributed by atoms with van der Waals surface area (Å²) in [6, 6.07) is 15.3. The minimum absolute atomic E-state index is 0.313. The van der Waals surface area contributed by atoms with Crippen LogP contribution in [0.25, 0.3) is 22.2 Å². The van der Waals surface area contributed by atoms with Gasteiger partial charge in [-0.1, -0.05) is 61.7 Å². The van der Waals surface area contributed by atoms with E-state index < -0.39 is 5.97 Å². The summed E-state index contributed by atoms with van der Waals surface area (Å²) in [5.74, 6) is 0.671. The van der Waals surface area contributed by atoms with Crippen LogP contribution in [0, 0.1) is 0 Å². The normalized spacial score (nSPS) is 14.5. The Bertz CT molecular complexity index is 1360. The third kappa shape index (κ3) is 4.69. The van der Waals surface area contributed by atoms with Gasteiger partial charge in [0.05, 0.1) is 5.56 Å². The van der Waals surface area contributed by atoms with Crippen molar-refractivity contribution in [1.82, 2.24) is 19.7 Å². The molecule has 6 nitrogen and oxygen atoms in total. The predicted molar refractivity (Wildman–Crippen MR) is 143 cm³/mol. The Labute approximate surface area is 213 Å². The van der Waals surface area contributed by atoms with E-state index in [1.54, 1.807) is 35.7 Å². The first-order valence-corrected chi connectivity index (χ1v) is 14.3. The van der Waals surface area contributed by atoms with Crippen molar-refractivity contribution in [2.75, 3.05) is 12.5 Å². The van der Waals surface area contributed by atoms with Crippen LogP contribution in [0.2, 0.25) is 0 Å². The maximum absolute atomic E-state index is 11.7. The highest BCUT2D eigenvalue weighted by Crippen LogP contribution is 2.38. The molecule has 4 aromatic rings. The fraction of sp³-hybridized carbons (Fsp3) is 0.333. The van der Waals surface area contributed by atoms with Crippen LogP contribution in [0.1, 0.15) is 59.8 Å². The summed E-state index contributed by atoms with van der Waals surface area (Å²) in [6.07, 6.45) is 10.2. The zero-order chi connectivity index (χ0) is 24.4. The molecule has 0 atom stereocenters. The third-order valence-electron chi connectivity index (χ3n) is 6.75. The largest absolute Gasteiger partial charge is 0.478 e. The van der Waals surface area contributed by atoms with Crippen molar-refractivity contribution in [2.45, 2.75) is 54.6 Å². The van der Waals surface area contributed by atoms with E-state index in [2.05, 4.69) is 26.9 Å². The molecule has 1 aliphatic rings. The lowest BCUT2D eigenvalue weighted by molar-refractivity contribution is 0.0697. The molecular weight excluding hydrogens is 476 g/mol. The first-order chi connectivity index (χ1) is 17.1. The van der Waals surface area contributed by atoms with Crippen molar-refractivity contribution in [1.29, 1.82) is 0 Å². The SMILES string of the molecule is CSc1nnc(SC)c2c1nc(C1CCCCC1)n2Cc1ccc(-c2ccccc2C(=O)O)cc1. The second-order valence-electron chi connectivity index (χ2n) is 8.85. The van der Waals surface area contributed by atoms with E-state index in [1.807, 2.05) is 36.8 Å². The summed E-state index contributed by atoms with van der Waals surface area (Å²) in [4.78, 5) is 16.8. The van der Waals surface area contributed by atoms with Gasteiger partial charge < -0.3 is 9.67 Å². The van der Waals surface area contributed by atoms with E-state index in [4.69, 9.17) is 4.98 Å². The highest BCUT2D eigenvalue weighted by atomic mass is 32.2. The van der Waals surface area contributed by atoms with Gasteiger partial charge >= 0.3 is 5.97 Å². The van der Waals surface area contributed by atoms with Crippen molar-refractivity contribution >= 4 is 40.5 Å². The highest BCUT2D eigenvalue weighted by molar-refractivity contribution is 7.99. The van der Waals surface area contributed by atoms with Crippen LogP contribution in [0.3, 0.4) is 0 Å². The minimum Gasteiger partial charge on any atom is -0.478 e. The Morgan fingerprint density at radius 3 is 2.34 bits per heavy atom. The molecule has 0 saturated heterocycles. The van der Waals surface area contributed by atoms with Crippen LogP contribution in [0.4, 0.5) is 0 Å². The Morgan fingerprint density at radius 1 is 0.971 bits per heavy atom. The van der Waals surface area contributed by atoms with Crippen LogP contribution in [-0.2, 0) is 6.54 Å². The molecule has 180 valence electrons. The number of aromatic carboxylic acids is 1. The zero-order valence-corrected chi connectivity index (χ0v) is 21.5. The molecule has 1 saturated carbocycles. The van der Waals surface area contributed by atoms with Gasteiger partial charge in [0.2, 0.25) is 0 Å². The first-order valence-electron chi connectivity index (χ1n) is 11.9. The number of carbonyl (C=O) groups is 1. The van der Waals surface area contributed by atoms with Crippen LogP contribution < -0.4 is 0 Å². The summed E-state index contributed by atoms with van der Waals surface area (Å²) in [7, 11) is 0. The molecule has 0 amide bonds. The number of imidazole rings is 1. The van der Waals surface area contributed by atoms with Crippen molar-refractivity contribution in [2.24, 2.45) is 0 Å². The van der Waals surface area contributed by atoms with E-state index in [0.29, 0.717) is 18.0 Å². The highest BCUT2D eigenvalue weighted by Gasteiger charge is 2.26. The Balaban J connectivity index is 1.57. The van der Waals surface area contributed by atoms with Gasteiger partial charge in [0.1, 0.15) is 26.9 Å². The average molecular weight is 505 g/mol. The Hall–Kier alpha value is -2.84. The quantitative estimate of drug-likeness (QED) is 0.279. The van der Waals surface area contributed by atoms with Gasteiger partial charge in [0.15, 0.2) is 0 Å². The molecule has 0 bridgehead atoms. The number of carboxylic acid groups (broad SMARTS) is 1. The van der Waals surface area contributed by atoms with Gasteiger partial charge in [-0.2, -0.15) is 0 Å². The van der Waals surface area contributed by atoms with Crippen molar-refractivity contribution in [3.63, 3.8) is 0 Å². The second kappa shape index (κ2) is 10.4. The number of thioether (sulfide) groups is 2. The summed E-state index contributed by atoms with van der Waals surface area (Å²) in [5.41, 5.74) is 5.10. The molecule has 1 N–H and O–H groups in total. The lowest BCUT2D eigenvalue weighted by Crippen LogP contribution is -2.13. The maximum atomic E-state index is 11.7. The molecule has 0 aliphatic heterocycles. The lowest BCUT2D eigenvalue weighted by atomic mass is 9.88. The van der Waals surface area contributed by atoms with Crippen LogP contribution in [0.5, 0.6) is 0 Å². The monoisotopic (exact) mass is 504 g/mol. The lowest BCUT2D eigenvalue weighted by Gasteiger charge is -2.22. The van der Waals surface area contributed by atoms with E-state index in [1.165, 1.54) is 19.3 Å². The van der Waals surface area contributed by atoms with Gasteiger partial charge in [-0.3, -0.25) is 0 Å². The fourth-order valence-corrected chi connectivity index (χ4v) is 6.00. The molecule has 1 aliphatic carbocycles. The number of fused-ring (bicyclic) bond motifs is 1. The fourth-order valence-electron chi connectivity index (χ4n) is 5.02. The van der Waals surface area contributed by atoms with Crippen LogP contribution in [0.15, 0.2) is 58.6 Å². The number of benzene rings is 2.